The molecule has 1 saturated heterocycles. The topological polar surface area (TPSA) is 108 Å². The Hall–Kier alpha value is -1.19. The van der Waals surface area contributed by atoms with Crippen molar-refractivity contribution in [2.45, 2.75) is 12.8 Å². The van der Waals surface area contributed by atoms with Gasteiger partial charge in [0, 0.05) is 32.7 Å². The van der Waals surface area contributed by atoms with Gasteiger partial charge in [0.15, 0.2) is 0 Å². The average molecular weight is 306 g/mol. The van der Waals surface area contributed by atoms with E-state index in [0.29, 0.717) is 26.1 Å². The largest absolute Gasteiger partial charge is 0.348 e. The summed E-state index contributed by atoms with van der Waals surface area (Å²) in [6.45, 7) is 3.15. The van der Waals surface area contributed by atoms with Crippen molar-refractivity contribution in [1.82, 2.24) is 20.3 Å². The van der Waals surface area contributed by atoms with Crippen LogP contribution in [0.25, 0.3) is 0 Å². The highest BCUT2D eigenvalue weighted by Gasteiger charge is 2.21. The van der Waals surface area contributed by atoms with Crippen LogP contribution in [-0.4, -0.2) is 70.7 Å². The fraction of sp³-hybridized carbons (Fsp3) is 0.818. The zero-order valence-corrected chi connectivity index (χ0v) is 12.5. The van der Waals surface area contributed by atoms with Gasteiger partial charge < -0.3 is 15.5 Å². The summed E-state index contributed by atoms with van der Waals surface area (Å²) in [5, 5.41) is 5.66. The van der Waals surface area contributed by atoms with Crippen LogP contribution in [0.2, 0.25) is 0 Å². The minimum Gasteiger partial charge on any atom is -0.348 e. The van der Waals surface area contributed by atoms with Crippen LogP contribution >= 0.6 is 0 Å². The molecule has 0 bridgehead atoms. The maximum Gasteiger partial charge on any atom is 0.311 e. The van der Waals surface area contributed by atoms with Gasteiger partial charge in [-0.25, -0.2) is 13.1 Å². The van der Waals surface area contributed by atoms with Crippen LogP contribution in [0.3, 0.4) is 0 Å². The molecular formula is C11H22N4O4S. The third-order valence-electron chi connectivity index (χ3n) is 2.82. The van der Waals surface area contributed by atoms with E-state index in [0.717, 1.165) is 19.2 Å². The Balaban J connectivity index is 2.22. The highest BCUT2D eigenvalue weighted by molar-refractivity contribution is 7.88. The molecule has 20 heavy (non-hydrogen) atoms. The first-order valence-corrected chi connectivity index (χ1v) is 8.52. The summed E-state index contributed by atoms with van der Waals surface area (Å²) in [5.74, 6) is -1.16. The molecule has 0 unspecified atom stereocenters. The van der Waals surface area contributed by atoms with E-state index in [1.807, 2.05) is 0 Å². The number of hydrogen-bond acceptors (Lipinski definition) is 5. The molecule has 2 amide bonds. The van der Waals surface area contributed by atoms with Crippen LogP contribution in [0, 0.1) is 0 Å². The molecule has 1 aliphatic rings. The van der Waals surface area contributed by atoms with Crippen LogP contribution in [0.5, 0.6) is 0 Å². The lowest BCUT2D eigenvalue weighted by Gasteiger charge is -2.19. The predicted octanol–water partition coefficient (Wildman–Crippen LogP) is -2.14. The first-order chi connectivity index (χ1) is 9.40. The van der Waals surface area contributed by atoms with Crippen molar-refractivity contribution in [3.8, 4) is 0 Å². The molecule has 3 N–H and O–H groups in total. The summed E-state index contributed by atoms with van der Waals surface area (Å²) < 4.78 is 23.9. The van der Waals surface area contributed by atoms with Crippen molar-refractivity contribution >= 4 is 21.8 Å². The lowest BCUT2D eigenvalue weighted by molar-refractivity contribution is -0.145. The third kappa shape index (κ3) is 6.83. The summed E-state index contributed by atoms with van der Waals surface area (Å²) >= 11 is 0. The van der Waals surface area contributed by atoms with Crippen molar-refractivity contribution in [2.24, 2.45) is 0 Å². The molecule has 1 heterocycles. The monoisotopic (exact) mass is 306 g/mol. The zero-order chi connectivity index (χ0) is 15.0. The zero-order valence-electron chi connectivity index (χ0n) is 11.6. The first-order valence-electron chi connectivity index (χ1n) is 6.62. The second-order valence-corrected chi connectivity index (χ2v) is 6.50. The second kappa shape index (κ2) is 8.18. The van der Waals surface area contributed by atoms with Crippen molar-refractivity contribution in [3.05, 3.63) is 0 Å². The van der Waals surface area contributed by atoms with Gasteiger partial charge >= 0.3 is 11.8 Å². The molecular weight excluding hydrogens is 284 g/mol. The Bertz CT molecular complexity index is 430. The van der Waals surface area contributed by atoms with Crippen LogP contribution in [0.4, 0.5) is 0 Å². The Morgan fingerprint density at radius 1 is 1.20 bits per heavy atom. The van der Waals surface area contributed by atoms with Crippen LogP contribution < -0.4 is 15.4 Å². The van der Waals surface area contributed by atoms with Gasteiger partial charge in [0.2, 0.25) is 10.0 Å². The number of nitrogens with one attached hydrogen (secondary N) is 3. The summed E-state index contributed by atoms with van der Waals surface area (Å²) in [6, 6.07) is 0. The van der Waals surface area contributed by atoms with E-state index in [-0.39, 0.29) is 13.1 Å². The molecule has 9 heteroatoms. The molecule has 0 aromatic carbocycles. The van der Waals surface area contributed by atoms with E-state index in [2.05, 4.69) is 15.4 Å². The molecule has 1 rings (SSSR count). The van der Waals surface area contributed by atoms with Gasteiger partial charge in [0.1, 0.15) is 0 Å². The van der Waals surface area contributed by atoms with Gasteiger partial charge in [-0.05, 0) is 19.4 Å². The number of nitrogens with zero attached hydrogens (tertiary/aromatic N) is 1. The summed E-state index contributed by atoms with van der Waals surface area (Å²) in [7, 11) is -3.21. The van der Waals surface area contributed by atoms with E-state index in [4.69, 9.17) is 0 Å². The molecule has 0 atom stereocenters. The molecule has 8 nitrogen and oxygen atoms in total. The maximum absolute atomic E-state index is 11.8. The molecule has 0 aliphatic carbocycles. The number of carbonyl (C=O) groups excluding carboxylic acids is 2. The normalized spacial score (nSPS) is 16.6. The lowest BCUT2D eigenvalue weighted by atomic mass is 10.3. The molecule has 1 fully saturated rings. The van der Waals surface area contributed by atoms with E-state index in [9.17, 15) is 18.0 Å². The molecule has 0 aromatic rings. The number of hydrogen-bond donors (Lipinski definition) is 3. The molecule has 0 radical (unpaired) electrons. The SMILES string of the molecule is CS(=O)(=O)NCCCNC(=O)C(=O)N1CCCNCC1. The van der Waals surface area contributed by atoms with Crippen LogP contribution in [0.15, 0.2) is 0 Å². The minimum atomic E-state index is -3.21. The number of rotatable bonds is 5. The molecule has 0 saturated carbocycles. The second-order valence-electron chi connectivity index (χ2n) is 4.67. The Morgan fingerprint density at radius 2 is 1.95 bits per heavy atom. The minimum absolute atomic E-state index is 0.237. The summed E-state index contributed by atoms with van der Waals surface area (Å²) in [5.41, 5.74) is 0. The van der Waals surface area contributed by atoms with Crippen molar-refractivity contribution < 1.29 is 18.0 Å². The van der Waals surface area contributed by atoms with E-state index in [1.165, 1.54) is 4.90 Å². The number of carbonyl (C=O) groups is 2. The smallest absolute Gasteiger partial charge is 0.311 e. The van der Waals surface area contributed by atoms with Gasteiger partial charge in [-0.3, -0.25) is 9.59 Å². The van der Waals surface area contributed by atoms with E-state index >= 15 is 0 Å². The summed E-state index contributed by atoms with van der Waals surface area (Å²) in [6.07, 6.45) is 2.34. The Morgan fingerprint density at radius 3 is 2.65 bits per heavy atom. The quantitative estimate of drug-likeness (QED) is 0.397. The predicted molar refractivity (Wildman–Crippen MR) is 74.5 cm³/mol. The van der Waals surface area contributed by atoms with Crippen molar-refractivity contribution in [3.63, 3.8) is 0 Å². The van der Waals surface area contributed by atoms with Crippen molar-refractivity contribution in [2.75, 3.05) is 45.5 Å². The molecule has 0 aromatic heterocycles. The molecule has 116 valence electrons. The third-order valence-corrected chi connectivity index (χ3v) is 3.55. The van der Waals surface area contributed by atoms with Gasteiger partial charge in [-0.15, -0.1) is 0 Å². The van der Waals surface area contributed by atoms with Gasteiger partial charge in [0.25, 0.3) is 0 Å². The molecule has 0 spiro atoms. The highest BCUT2D eigenvalue weighted by atomic mass is 32.2. The van der Waals surface area contributed by atoms with Crippen molar-refractivity contribution in [1.29, 1.82) is 0 Å². The number of amides is 2. The van der Waals surface area contributed by atoms with Crippen LogP contribution in [-0.2, 0) is 19.6 Å². The van der Waals surface area contributed by atoms with E-state index < -0.39 is 21.8 Å². The molecule has 1 aliphatic heterocycles. The first kappa shape index (κ1) is 16.9. The fourth-order valence-electron chi connectivity index (χ4n) is 1.82. The summed E-state index contributed by atoms with van der Waals surface area (Å²) in [4.78, 5) is 25.0. The average Bonchev–Trinajstić information content (AvgIpc) is 2.64. The van der Waals surface area contributed by atoms with E-state index in [1.54, 1.807) is 0 Å². The van der Waals surface area contributed by atoms with Gasteiger partial charge in [-0.2, -0.15) is 0 Å². The fourth-order valence-corrected chi connectivity index (χ4v) is 2.33. The highest BCUT2D eigenvalue weighted by Crippen LogP contribution is 1.96. The number of sulfonamides is 1. The van der Waals surface area contributed by atoms with Gasteiger partial charge in [0.05, 0.1) is 6.26 Å². The standard InChI is InChI=1S/C11H22N4O4S/c1-20(18,19)14-6-2-5-13-10(16)11(17)15-8-3-4-12-7-9-15/h12,14H,2-9H2,1H3,(H,13,16). The maximum atomic E-state index is 11.8. The Labute approximate surface area is 119 Å². The van der Waals surface area contributed by atoms with Gasteiger partial charge in [-0.1, -0.05) is 0 Å². The lowest BCUT2D eigenvalue weighted by Crippen LogP contribution is -2.44. The van der Waals surface area contributed by atoms with Crippen LogP contribution in [0.1, 0.15) is 12.8 Å². The Kier molecular flexibility index (Phi) is 6.89.